The zero-order chi connectivity index (χ0) is 14.5. The van der Waals surface area contributed by atoms with Gasteiger partial charge in [0, 0.05) is 39.0 Å². The number of likely N-dealkylation sites (tertiary alicyclic amines) is 1. The molecule has 0 aliphatic carbocycles. The van der Waals surface area contributed by atoms with Crippen LogP contribution in [0.1, 0.15) is 36.5 Å². The Morgan fingerprint density at radius 2 is 2.15 bits per heavy atom. The van der Waals surface area contributed by atoms with E-state index < -0.39 is 0 Å². The number of amides is 2. The van der Waals surface area contributed by atoms with Crippen molar-refractivity contribution < 1.29 is 9.59 Å². The Hall–Kier alpha value is -1.98. The average molecular weight is 276 g/mol. The number of carbonyl (C=O) groups excluding carboxylic acids is 2. The van der Waals surface area contributed by atoms with E-state index in [0.29, 0.717) is 30.3 Å². The lowest BCUT2D eigenvalue weighted by molar-refractivity contribution is -0.127. The highest BCUT2D eigenvalue weighted by atomic mass is 16.2. The molecule has 1 saturated heterocycles. The molecule has 6 nitrogen and oxygen atoms in total. The van der Waals surface area contributed by atoms with Crippen molar-refractivity contribution in [2.45, 2.75) is 26.7 Å². The maximum Gasteiger partial charge on any atom is 0.271 e. The van der Waals surface area contributed by atoms with Gasteiger partial charge in [0.15, 0.2) is 0 Å². The summed E-state index contributed by atoms with van der Waals surface area (Å²) in [5, 5.41) is 2.75. The second-order valence-corrected chi connectivity index (χ2v) is 5.03. The Morgan fingerprint density at radius 1 is 1.40 bits per heavy atom. The molecular weight excluding hydrogens is 256 g/mol. The van der Waals surface area contributed by atoms with Gasteiger partial charge >= 0.3 is 0 Å². The van der Waals surface area contributed by atoms with E-state index in [9.17, 15) is 9.59 Å². The van der Waals surface area contributed by atoms with Gasteiger partial charge in [0.1, 0.15) is 5.69 Å². The maximum atomic E-state index is 11.9. The molecule has 1 N–H and O–H groups in total. The molecule has 1 fully saturated rings. The molecule has 1 aliphatic rings. The molecule has 0 radical (unpaired) electrons. The summed E-state index contributed by atoms with van der Waals surface area (Å²) in [6.45, 7) is 5.55. The van der Waals surface area contributed by atoms with Crippen LogP contribution in [0.2, 0.25) is 0 Å². The molecule has 1 atom stereocenters. The van der Waals surface area contributed by atoms with Gasteiger partial charge in [-0.15, -0.1) is 0 Å². The molecule has 1 aliphatic heterocycles. The van der Waals surface area contributed by atoms with Crippen molar-refractivity contribution in [3.63, 3.8) is 0 Å². The lowest BCUT2D eigenvalue weighted by Crippen LogP contribution is -2.27. The number of nitrogens with zero attached hydrogens (tertiary/aromatic N) is 3. The third-order valence-electron chi connectivity index (χ3n) is 3.54. The zero-order valence-electron chi connectivity index (χ0n) is 11.9. The summed E-state index contributed by atoms with van der Waals surface area (Å²) < 4.78 is 0. The Labute approximate surface area is 118 Å². The lowest BCUT2D eigenvalue weighted by Gasteiger charge is -2.14. The topological polar surface area (TPSA) is 75.2 Å². The maximum absolute atomic E-state index is 11.9. The molecule has 0 bridgehead atoms. The van der Waals surface area contributed by atoms with Crippen LogP contribution < -0.4 is 5.32 Å². The minimum absolute atomic E-state index is 0.107. The molecule has 108 valence electrons. The van der Waals surface area contributed by atoms with Crippen molar-refractivity contribution in [2.24, 2.45) is 5.92 Å². The summed E-state index contributed by atoms with van der Waals surface area (Å²) >= 11 is 0. The van der Waals surface area contributed by atoms with Gasteiger partial charge < -0.3 is 10.2 Å². The minimum atomic E-state index is -0.183. The zero-order valence-corrected chi connectivity index (χ0v) is 11.9. The van der Waals surface area contributed by atoms with Gasteiger partial charge in [0.25, 0.3) is 5.91 Å². The summed E-state index contributed by atoms with van der Waals surface area (Å²) in [5.41, 5.74) is 1.12. The standard InChI is InChI=1S/C14H20N4O2/c1-3-15-14(20)13-12(16-5-6-17-13)8-11-4-7-18(9-11)10(2)19/h5-6,11H,3-4,7-9H2,1-2H3,(H,15,20). The smallest absolute Gasteiger partial charge is 0.271 e. The molecule has 2 amide bonds. The summed E-state index contributed by atoms with van der Waals surface area (Å²) in [4.78, 5) is 33.5. The van der Waals surface area contributed by atoms with Gasteiger partial charge in [-0.2, -0.15) is 0 Å². The van der Waals surface area contributed by atoms with E-state index in [2.05, 4.69) is 15.3 Å². The van der Waals surface area contributed by atoms with Crippen LogP contribution in [-0.2, 0) is 11.2 Å². The van der Waals surface area contributed by atoms with Crippen molar-refractivity contribution >= 4 is 11.8 Å². The third kappa shape index (κ3) is 3.31. The number of hydrogen-bond acceptors (Lipinski definition) is 4. The highest BCUT2D eigenvalue weighted by Gasteiger charge is 2.26. The predicted octanol–water partition coefficient (Wildman–Crippen LogP) is 0.637. The third-order valence-corrected chi connectivity index (χ3v) is 3.54. The quantitative estimate of drug-likeness (QED) is 0.875. The summed E-state index contributed by atoms with van der Waals surface area (Å²) in [6.07, 6.45) is 4.77. The summed E-state index contributed by atoms with van der Waals surface area (Å²) in [7, 11) is 0. The van der Waals surface area contributed by atoms with Crippen LogP contribution in [0.15, 0.2) is 12.4 Å². The number of hydrogen-bond donors (Lipinski definition) is 1. The minimum Gasteiger partial charge on any atom is -0.351 e. The van der Waals surface area contributed by atoms with Crippen LogP contribution in [0.3, 0.4) is 0 Å². The Morgan fingerprint density at radius 3 is 2.80 bits per heavy atom. The molecule has 2 heterocycles. The Bertz CT molecular complexity index is 504. The number of aromatic nitrogens is 2. The summed E-state index contributed by atoms with van der Waals surface area (Å²) in [6, 6.07) is 0. The monoisotopic (exact) mass is 276 g/mol. The first-order chi connectivity index (χ1) is 9.61. The van der Waals surface area contributed by atoms with E-state index in [1.807, 2.05) is 11.8 Å². The summed E-state index contributed by atoms with van der Waals surface area (Å²) in [5.74, 6) is 0.274. The fraction of sp³-hybridized carbons (Fsp3) is 0.571. The van der Waals surface area contributed by atoms with Gasteiger partial charge in [-0.3, -0.25) is 14.6 Å². The van der Waals surface area contributed by atoms with Gasteiger partial charge in [0.05, 0.1) is 5.69 Å². The fourth-order valence-corrected chi connectivity index (χ4v) is 2.51. The molecule has 0 spiro atoms. The highest BCUT2D eigenvalue weighted by Crippen LogP contribution is 2.21. The van der Waals surface area contributed by atoms with Crippen molar-refractivity contribution in [1.82, 2.24) is 20.2 Å². The van der Waals surface area contributed by atoms with Crippen LogP contribution in [0.4, 0.5) is 0 Å². The predicted molar refractivity (Wildman–Crippen MR) is 74.1 cm³/mol. The lowest BCUT2D eigenvalue weighted by atomic mass is 10.0. The van der Waals surface area contributed by atoms with Crippen LogP contribution in [0.5, 0.6) is 0 Å². The second-order valence-electron chi connectivity index (χ2n) is 5.03. The molecule has 1 unspecified atom stereocenters. The molecular formula is C14H20N4O2. The Kier molecular flexibility index (Phi) is 4.65. The Balaban J connectivity index is 2.06. The molecule has 1 aromatic rings. The SMILES string of the molecule is CCNC(=O)c1nccnc1CC1CCN(C(C)=O)C1. The van der Waals surface area contributed by atoms with E-state index in [4.69, 9.17) is 0 Å². The van der Waals surface area contributed by atoms with Gasteiger partial charge in [0.2, 0.25) is 5.91 Å². The largest absolute Gasteiger partial charge is 0.351 e. The second kappa shape index (κ2) is 6.45. The highest BCUT2D eigenvalue weighted by molar-refractivity contribution is 5.93. The van der Waals surface area contributed by atoms with Crippen LogP contribution >= 0.6 is 0 Å². The number of carbonyl (C=O) groups is 2. The van der Waals surface area contributed by atoms with Gasteiger partial charge in [-0.25, -0.2) is 4.98 Å². The number of rotatable bonds is 4. The first kappa shape index (κ1) is 14.4. The normalized spacial score (nSPS) is 18.1. The molecule has 2 rings (SSSR count). The van der Waals surface area contributed by atoms with Crippen LogP contribution in [-0.4, -0.2) is 46.3 Å². The van der Waals surface area contributed by atoms with Crippen molar-refractivity contribution in [3.8, 4) is 0 Å². The molecule has 20 heavy (non-hydrogen) atoms. The van der Waals surface area contributed by atoms with E-state index in [-0.39, 0.29) is 11.8 Å². The van der Waals surface area contributed by atoms with E-state index in [0.717, 1.165) is 19.5 Å². The average Bonchev–Trinajstić information content (AvgIpc) is 2.88. The molecule has 0 saturated carbocycles. The van der Waals surface area contributed by atoms with Crippen LogP contribution in [0.25, 0.3) is 0 Å². The van der Waals surface area contributed by atoms with Gasteiger partial charge in [-0.05, 0) is 25.7 Å². The molecule has 0 aromatic carbocycles. The van der Waals surface area contributed by atoms with Crippen LogP contribution in [0, 0.1) is 5.92 Å². The first-order valence-electron chi connectivity index (χ1n) is 6.95. The molecule has 1 aromatic heterocycles. The number of nitrogens with one attached hydrogen (secondary N) is 1. The fourth-order valence-electron chi connectivity index (χ4n) is 2.51. The van der Waals surface area contributed by atoms with Gasteiger partial charge in [-0.1, -0.05) is 0 Å². The van der Waals surface area contributed by atoms with Crippen molar-refractivity contribution in [2.75, 3.05) is 19.6 Å². The van der Waals surface area contributed by atoms with E-state index >= 15 is 0 Å². The molecule has 6 heteroatoms. The van der Waals surface area contributed by atoms with E-state index in [1.54, 1.807) is 13.1 Å². The van der Waals surface area contributed by atoms with E-state index in [1.165, 1.54) is 6.20 Å². The van der Waals surface area contributed by atoms with Crippen molar-refractivity contribution in [3.05, 3.63) is 23.8 Å². The first-order valence-corrected chi connectivity index (χ1v) is 6.95. The van der Waals surface area contributed by atoms with Crippen molar-refractivity contribution in [1.29, 1.82) is 0 Å².